The zero-order valence-corrected chi connectivity index (χ0v) is 11.9. The monoisotopic (exact) mass is 289 g/mol. The Hall–Kier alpha value is -3.07. The third-order valence-corrected chi connectivity index (χ3v) is 3.05. The molecule has 0 radical (unpaired) electrons. The van der Waals surface area contributed by atoms with E-state index in [1.165, 1.54) is 0 Å². The summed E-state index contributed by atoms with van der Waals surface area (Å²) >= 11 is 0. The Morgan fingerprint density at radius 3 is 2.23 bits per heavy atom. The molecule has 0 fully saturated rings. The first kappa shape index (κ1) is 13.9. The summed E-state index contributed by atoms with van der Waals surface area (Å²) in [5, 5.41) is 9.41. The fourth-order valence-corrected chi connectivity index (χ4v) is 1.98. The summed E-state index contributed by atoms with van der Waals surface area (Å²) < 4.78 is 5.73. The molecule has 3 rings (SSSR count). The molecule has 0 unspecified atom stereocenters. The first-order valence-corrected chi connectivity index (χ1v) is 6.96. The van der Waals surface area contributed by atoms with Gasteiger partial charge in [0.2, 0.25) is 0 Å². The average molecular weight is 289 g/mol. The van der Waals surface area contributed by atoms with E-state index in [9.17, 15) is 5.11 Å². The van der Waals surface area contributed by atoms with Crippen molar-refractivity contribution >= 4 is 11.9 Å². The third kappa shape index (κ3) is 3.73. The largest absolute Gasteiger partial charge is 0.508 e. The van der Waals surface area contributed by atoms with Crippen molar-refractivity contribution < 1.29 is 9.84 Å². The van der Waals surface area contributed by atoms with E-state index in [2.05, 4.69) is 4.99 Å². The minimum Gasteiger partial charge on any atom is -0.508 e. The van der Waals surface area contributed by atoms with Crippen LogP contribution < -0.4 is 4.74 Å². The maximum atomic E-state index is 9.41. The summed E-state index contributed by atoms with van der Waals surface area (Å²) in [4.78, 5) is 4.37. The number of hydrogen-bond donors (Lipinski definition) is 1. The van der Waals surface area contributed by atoms with Gasteiger partial charge in [-0.15, -0.1) is 0 Å². The highest BCUT2D eigenvalue weighted by molar-refractivity contribution is 5.82. The lowest BCUT2D eigenvalue weighted by molar-refractivity contribution is 0.475. The minimum atomic E-state index is 0.232. The lowest BCUT2D eigenvalue weighted by Crippen LogP contribution is -1.83. The molecule has 3 aromatic carbocycles. The highest BCUT2D eigenvalue weighted by Gasteiger charge is 1.96. The van der Waals surface area contributed by atoms with E-state index < -0.39 is 0 Å². The van der Waals surface area contributed by atoms with Gasteiger partial charge in [0.1, 0.15) is 17.2 Å². The Kier molecular flexibility index (Phi) is 4.16. The van der Waals surface area contributed by atoms with E-state index in [4.69, 9.17) is 4.74 Å². The Morgan fingerprint density at radius 1 is 0.773 bits per heavy atom. The van der Waals surface area contributed by atoms with Gasteiger partial charge in [0.05, 0.1) is 5.69 Å². The van der Waals surface area contributed by atoms with E-state index in [1.807, 2.05) is 60.7 Å². The van der Waals surface area contributed by atoms with Crippen LogP contribution in [0.4, 0.5) is 5.69 Å². The van der Waals surface area contributed by atoms with Gasteiger partial charge >= 0.3 is 0 Å². The first-order chi connectivity index (χ1) is 10.8. The van der Waals surface area contributed by atoms with E-state index in [0.29, 0.717) is 0 Å². The molecule has 0 heterocycles. The molecule has 0 aliphatic heterocycles. The lowest BCUT2D eigenvalue weighted by Gasteiger charge is -2.05. The number of ether oxygens (including phenoxy) is 1. The summed E-state index contributed by atoms with van der Waals surface area (Å²) in [6.07, 6.45) is 1.72. The second kappa shape index (κ2) is 6.59. The summed E-state index contributed by atoms with van der Waals surface area (Å²) in [5.41, 5.74) is 1.67. The smallest absolute Gasteiger partial charge is 0.127 e. The fourth-order valence-electron chi connectivity index (χ4n) is 1.98. The van der Waals surface area contributed by atoms with Gasteiger partial charge in [0.25, 0.3) is 0 Å². The zero-order chi connectivity index (χ0) is 15.2. The van der Waals surface area contributed by atoms with Crippen molar-refractivity contribution in [1.29, 1.82) is 0 Å². The highest BCUT2D eigenvalue weighted by atomic mass is 16.5. The van der Waals surface area contributed by atoms with E-state index in [1.54, 1.807) is 24.4 Å². The SMILES string of the molecule is Oc1cccc(C=Nc2ccc(Oc3ccccc3)cc2)c1. The van der Waals surface area contributed by atoms with Gasteiger partial charge in [0.15, 0.2) is 0 Å². The topological polar surface area (TPSA) is 41.8 Å². The van der Waals surface area contributed by atoms with E-state index in [-0.39, 0.29) is 5.75 Å². The van der Waals surface area contributed by atoms with Crippen molar-refractivity contribution in [3.05, 3.63) is 84.4 Å². The van der Waals surface area contributed by atoms with Crippen LogP contribution in [0.5, 0.6) is 17.2 Å². The fraction of sp³-hybridized carbons (Fsp3) is 0. The molecular weight excluding hydrogens is 274 g/mol. The van der Waals surface area contributed by atoms with Crippen molar-refractivity contribution in [3.63, 3.8) is 0 Å². The highest BCUT2D eigenvalue weighted by Crippen LogP contribution is 2.23. The second-order valence-electron chi connectivity index (χ2n) is 4.76. The number of rotatable bonds is 4. The molecule has 0 aromatic heterocycles. The summed E-state index contributed by atoms with van der Waals surface area (Å²) in [6, 6.07) is 24.1. The standard InChI is InChI=1S/C19H15NO2/c21-17-6-4-5-15(13-17)14-20-16-9-11-19(12-10-16)22-18-7-2-1-3-8-18/h1-14,21H. The van der Waals surface area contributed by atoms with Gasteiger partial charge in [0, 0.05) is 6.21 Å². The molecule has 3 aromatic rings. The number of para-hydroxylation sites is 1. The molecule has 0 spiro atoms. The van der Waals surface area contributed by atoms with Crippen molar-refractivity contribution in [2.75, 3.05) is 0 Å². The van der Waals surface area contributed by atoms with Crippen molar-refractivity contribution in [3.8, 4) is 17.2 Å². The Morgan fingerprint density at radius 2 is 1.50 bits per heavy atom. The molecule has 108 valence electrons. The number of benzene rings is 3. The third-order valence-electron chi connectivity index (χ3n) is 3.05. The lowest BCUT2D eigenvalue weighted by atomic mass is 10.2. The van der Waals surface area contributed by atoms with Gasteiger partial charge in [-0.25, -0.2) is 0 Å². The predicted octanol–water partition coefficient (Wildman–Crippen LogP) is 4.94. The first-order valence-electron chi connectivity index (χ1n) is 6.96. The second-order valence-corrected chi connectivity index (χ2v) is 4.76. The maximum absolute atomic E-state index is 9.41. The van der Waals surface area contributed by atoms with Crippen LogP contribution in [0.1, 0.15) is 5.56 Å². The van der Waals surface area contributed by atoms with Crippen LogP contribution in [0.2, 0.25) is 0 Å². The molecule has 3 heteroatoms. The number of phenols is 1. The number of hydrogen-bond acceptors (Lipinski definition) is 3. The van der Waals surface area contributed by atoms with E-state index >= 15 is 0 Å². The molecule has 0 aliphatic rings. The number of nitrogens with zero attached hydrogens (tertiary/aromatic N) is 1. The maximum Gasteiger partial charge on any atom is 0.127 e. The summed E-state index contributed by atoms with van der Waals surface area (Å²) in [6.45, 7) is 0. The predicted molar refractivity (Wildman–Crippen MR) is 88.3 cm³/mol. The quantitative estimate of drug-likeness (QED) is 0.691. The minimum absolute atomic E-state index is 0.232. The van der Waals surface area contributed by atoms with Crippen LogP contribution in [0, 0.1) is 0 Å². The van der Waals surface area contributed by atoms with Crippen LogP contribution in [-0.2, 0) is 0 Å². The molecule has 0 saturated carbocycles. The Labute approximate surface area is 129 Å². The van der Waals surface area contributed by atoms with Crippen molar-refractivity contribution in [1.82, 2.24) is 0 Å². The summed E-state index contributed by atoms with van der Waals surface area (Å²) in [7, 11) is 0. The van der Waals surface area contributed by atoms with Crippen molar-refractivity contribution in [2.24, 2.45) is 4.99 Å². The molecular formula is C19H15NO2. The molecule has 22 heavy (non-hydrogen) atoms. The van der Waals surface area contributed by atoms with Crippen molar-refractivity contribution in [2.45, 2.75) is 0 Å². The molecule has 0 aliphatic carbocycles. The number of aromatic hydroxyl groups is 1. The number of aliphatic imine (C=N–C) groups is 1. The normalized spacial score (nSPS) is 10.7. The number of phenolic OH excluding ortho intramolecular Hbond substituents is 1. The van der Waals surface area contributed by atoms with Gasteiger partial charge < -0.3 is 9.84 Å². The average Bonchev–Trinajstić information content (AvgIpc) is 2.55. The molecule has 0 atom stereocenters. The summed E-state index contributed by atoms with van der Waals surface area (Å²) in [5.74, 6) is 1.80. The molecule has 3 nitrogen and oxygen atoms in total. The van der Waals surface area contributed by atoms with Gasteiger partial charge in [-0.05, 0) is 54.1 Å². The Balaban J connectivity index is 1.69. The molecule has 0 bridgehead atoms. The van der Waals surface area contributed by atoms with E-state index in [0.717, 1.165) is 22.7 Å². The Bertz CT molecular complexity index is 765. The molecule has 1 N–H and O–H groups in total. The molecule has 0 amide bonds. The van der Waals surface area contributed by atoms with Crippen LogP contribution in [0.3, 0.4) is 0 Å². The van der Waals surface area contributed by atoms with Gasteiger partial charge in [-0.1, -0.05) is 30.3 Å². The molecule has 0 saturated heterocycles. The van der Waals surface area contributed by atoms with Crippen LogP contribution in [0.25, 0.3) is 0 Å². The van der Waals surface area contributed by atoms with Gasteiger partial charge in [-0.2, -0.15) is 0 Å². The van der Waals surface area contributed by atoms with Crippen LogP contribution >= 0.6 is 0 Å². The van der Waals surface area contributed by atoms with Gasteiger partial charge in [-0.3, -0.25) is 4.99 Å². The van der Waals surface area contributed by atoms with Crippen LogP contribution in [-0.4, -0.2) is 11.3 Å². The zero-order valence-electron chi connectivity index (χ0n) is 11.9. The van der Waals surface area contributed by atoms with Crippen LogP contribution in [0.15, 0.2) is 83.9 Å².